The highest BCUT2D eigenvalue weighted by atomic mass is 19.1. The summed E-state index contributed by atoms with van der Waals surface area (Å²) in [5.74, 6) is -0.410. The minimum atomic E-state index is -0.304. The van der Waals surface area contributed by atoms with Crippen LogP contribution in [-0.4, -0.2) is 0 Å². The highest BCUT2D eigenvalue weighted by Gasteiger charge is 2.10. The molecule has 0 saturated carbocycles. The molecule has 0 atom stereocenters. The third-order valence-corrected chi connectivity index (χ3v) is 2.02. The molecule has 0 aliphatic heterocycles. The van der Waals surface area contributed by atoms with Gasteiger partial charge in [-0.3, -0.25) is 0 Å². The van der Waals surface area contributed by atoms with Gasteiger partial charge in [-0.05, 0) is 17.7 Å². The summed E-state index contributed by atoms with van der Waals surface area (Å²) in [6.07, 6.45) is 0.582. The van der Waals surface area contributed by atoms with Gasteiger partial charge in [0.2, 0.25) is 0 Å². The minimum absolute atomic E-state index is 0.106. The monoisotopic (exact) mass is 188 g/mol. The van der Waals surface area contributed by atoms with E-state index in [1.807, 2.05) is 12.1 Å². The topological polar surface area (TPSA) is 47.6 Å². The van der Waals surface area contributed by atoms with Gasteiger partial charge in [0.15, 0.2) is 0 Å². The Morgan fingerprint density at radius 3 is 2.00 bits per heavy atom. The molecule has 0 amide bonds. The van der Waals surface area contributed by atoms with Crippen LogP contribution in [0.2, 0.25) is 0 Å². The number of benzene rings is 1. The van der Waals surface area contributed by atoms with E-state index in [-0.39, 0.29) is 11.7 Å². The van der Waals surface area contributed by atoms with Gasteiger partial charge in [0.25, 0.3) is 0 Å². The van der Waals surface area contributed by atoms with Gasteiger partial charge in [0, 0.05) is 18.8 Å². The second-order valence-electron chi connectivity index (χ2n) is 2.97. The fourth-order valence-corrected chi connectivity index (χ4v) is 1.26. The van der Waals surface area contributed by atoms with E-state index in [4.69, 9.17) is 10.5 Å². The van der Waals surface area contributed by atoms with E-state index in [9.17, 15) is 4.39 Å². The van der Waals surface area contributed by atoms with Gasteiger partial charge in [-0.2, -0.15) is 10.5 Å². The number of rotatable bonds is 3. The SMILES string of the molecule is N#CCC(CC#N)c1ccc(F)cc1. The first-order valence-corrected chi connectivity index (χ1v) is 4.27. The number of halogens is 1. The summed E-state index contributed by atoms with van der Waals surface area (Å²) in [4.78, 5) is 0. The van der Waals surface area contributed by atoms with Gasteiger partial charge >= 0.3 is 0 Å². The van der Waals surface area contributed by atoms with E-state index < -0.39 is 0 Å². The summed E-state index contributed by atoms with van der Waals surface area (Å²) in [6, 6.07) is 9.97. The smallest absolute Gasteiger partial charge is 0.123 e. The van der Waals surface area contributed by atoms with Crippen LogP contribution < -0.4 is 0 Å². The highest BCUT2D eigenvalue weighted by molar-refractivity contribution is 5.22. The first kappa shape index (κ1) is 10.2. The molecule has 70 valence electrons. The predicted molar refractivity (Wildman–Crippen MR) is 49.6 cm³/mol. The third-order valence-electron chi connectivity index (χ3n) is 2.02. The van der Waals surface area contributed by atoms with Crippen molar-refractivity contribution >= 4 is 0 Å². The van der Waals surface area contributed by atoms with Crippen LogP contribution in [0.15, 0.2) is 24.3 Å². The number of nitriles is 2. The average Bonchev–Trinajstić information content (AvgIpc) is 2.19. The molecule has 0 aliphatic rings. The lowest BCUT2D eigenvalue weighted by molar-refractivity contribution is 0.624. The van der Waals surface area contributed by atoms with Crippen molar-refractivity contribution in [2.24, 2.45) is 0 Å². The second-order valence-corrected chi connectivity index (χ2v) is 2.97. The first-order valence-electron chi connectivity index (χ1n) is 4.27. The largest absolute Gasteiger partial charge is 0.207 e. The predicted octanol–water partition coefficient (Wildman–Crippen LogP) is 2.74. The van der Waals surface area contributed by atoms with Crippen LogP contribution in [0, 0.1) is 28.5 Å². The van der Waals surface area contributed by atoms with Crippen molar-refractivity contribution in [1.29, 1.82) is 10.5 Å². The molecule has 0 aliphatic carbocycles. The zero-order chi connectivity index (χ0) is 10.4. The highest BCUT2D eigenvalue weighted by Crippen LogP contribution is 2.22. The van der Waals surface area contributed by atoms with Crippen LogP contribution in [0.3, 0.4) is 0 Å². The lowest BCUT2D eigenvalue weighted by Crippen LogP contribution is -1.96. The van der Waals surface area contributed by atoms with Crippen LogP contribution in [0.5, 0.6) is 0 Å². The molecule has 0 fully saturated rings. The fraction of sp³-hybridized carbons (Fsp3) is 0.273. The van der Waals surface area contributed by atoms with Crippen molar-refractivity contribution in [1.82, 2.24) is 0 Å². The Morgan fingerprint density at radius 1 is 1.07 bits per heavy atom. The average molecular weight is 188 g/mol. The maximum Gasteiger partial charge on any atom is 0.123 e. The normalized spacial score (nSPS) is 9.43. The maximum absolute atomic E-state index is 12.6. The van der Waals surface area contributed by atoms with Crippen molar-refractivity contribution in [3.8, 4) is 12.1 Å². The molecule has 1 rings (SSSR count). The Labute approximate surface area is 82.2 Å². The van der Waals surface area contributed by atoms with Gasteiger partial charge < -0.3 is 0 Å². The molecular weight excluding hydrogens is 179 g/mol. The van der Waals surface area contributed by atoms with Crippen LogP contribution in [0.25, 0.3) is 0 Å². The molecule has 3 heteroatoms. The molecule has 14 heavy (non-hydrogen) atoms. The molecule has 0 heterocycles. The van der Waals surface area contributed by atoms with Crippen LogP contribution in [-0.2, 0) is 0 Å². The van der Waals surface area contributed by atoms with E-state index in [1.54, 1.807) is 12.1 Å². The molecule has 0 unspecified atom stereocenters. The second kappa shape index (κ2) is 4.99. The summed E-state index contributed by atoms with van der Waals surface area (Å²) in [5.41, 5.74) is 0.842. The molecule has 0 N–H and O–H groups in total. The quantitative estimate of drug-likeness (QED) is 0.732. The van der Waals surface area contributed by atoms with Gasteiger partial charge in [-0.25, -0.2) is 4.39 Å². The van der Waals surface area contributed by atoms with Crippen LogP contribution >= 0.6 is 0 Å². The molecule has 2 nitrogen and oxygen atoms in total. The summed E-state index contributed by atoms with van der Waals surface area (Å²) < 4.78 is 12.6. The number of hydrogen-bond acceptors (Lipinski definition) is 2. The van der Waals surface area contributed by atoms with Crippen molar-refractivity contribution in [2.75, 3.05) is 0 Å². The van der Waals surface area contributed by atoms with Crippen molar-refractivity contribution in [2.45, 2.75) is 18.8 Å². The molecule has 0 spiro atoms. The molecule has 0 bridgehead atoms. The summed E-state index contributed by atoms with van der Waals surface area (Å²) in [5, 5.41) is 17.1. The number of hydrogen-bond donors (Lipinski definition) is 0. The van der Waals surface area contributed by atoms with Crippen LogP contribution in [0.1, 0.15) is 24.3 Å². The molecule has 1 aromatic carbocycles. The Kier molecular flexibility index (Phi) is 3.64. The van der Waals surface area contributed by atoms with E-state index in [0.29, 0.717) is 12.8 Å². The molecule has 0 aromatic heterocycles. The van der Waals surface area contributed by atoms with E-state index in [1.165, 1.54) is 12.1 Å². The third kappa shape index (κ3) is 2.57. The van der Waals surface area contributed by atoms with Gasteiger partial charge in [0.05, 0.1) is 12.1 Å². The minimum Gasteiger partial charge on any atom is -0.207 e. The van der Waals surface area contributed by atoms with Gasteiger partial charge in [-0.15, -0.1) is 0 Å². The molecule has 1 aromatic rings. The van der Waals surface area contributed by atoms with E-state index in [0.717, 1.165) is 5.56 Å². The zero-order valence-corrected chi connectivity index (χ0v) is 7.57. The van der Waals surface area contributed by atoms with E-state index in [2.05, 4.69) is 0 Å². The maximum atomic E-state index is 12.6. The Balaban J connectivity index is 2.84. The van der Waals surface area contributed by atoms with Crippen molar-refractivity contribution in [3.63, 3.8) is 0 Å². The standard InChI is InChI=1S/C11H9FN2/c12-11-3-1-9(2-4-11)10(5-7-13)6-8-14/h1-4,10H,5-6H2. The number of nitrogens with zero attached hydrogens (tertiary/aromatic N) is 2. The summed E-state index contributed by atoms with van der Waals surface area (Å²) in [7, 11) is 0. The molecular formula is C11H9FN2. The Morgan fingerprint density at radius 2 is 1.57 bits per heavy atom. The van der Waals surface area contributed by atoms with Crippen LogP contribution in [0.4, 0.5) is 4.39 Å². The van der Waals surface area contributed by atoms with E-state index >= 15 is 0 Å². The van der Waals surface area contributed by atoms with Gasteiger partial charge in [-0.1, -0.05) is 12.1 Å². The van der Waals surface area contributed by atoms with Gasteiger partial charge in [0.1, 0.15) is 5.82 Å². The fourth-order valence-electron chi connectivity index (χ4n) is 1.26. The molecule has 0 saturated heterocycles. The first-order chi connectivity index (χ1) is 6.77. The summed E-state index contributed by atoms with van der Waals surface area (Å²) >= 11 is 0. The molecule has 0 radical (unpaired) electrons. The summed E-state index contributed by atoms with van der Waals surface area (Å²) in [6.45, 7) is 0. The van der Waals surface area contributed by atoms with Crippen molar-refractivity contribution in [3.05, 3.63) is 35.6 Å². The van der Waals surface area contributed by atoms with Crippen molar-refractivity contribution < 1.29 is 4.39 Å². The zero-order valence-electron chi connectivity index (χ0n) is 7.57. The Hall–Kier alpha value is -1.87. The Bertz CT molecular complexity index is 354. The lowest BCUT2D eigenvalue weighted by Gasteiger charge is -2.09. The lowest BCUT2D eigenvalue weighted by atomic mass is 9.94.